The van der Waals surface area contributed by atoms with Gasteiger partial charge in [0.15, 0.2) is 0 Å². The number of benzene rings is 1. The van der Waals surface area contributed by atoms with Gasteiger partial charge in [-0.2, -0.15) is 0 Å². The van der Waals surface area contributed by atoms with Crippen molar-refractivity contribution in [1.82, 2.24) is 0 Å². The van der Waals surface area contributed by atoms with Gasteiger partial charge in [0.1, 0.15) is 0 Å². The van der Waals surface area contributed by atoms with Gasteiger partial charge in [-0.3, -0.25) is 0 Å². The molecule has 1 aromatic carbocycles. The Kier molecular flexibility index (Phi) is 3.53. The van der Waals surface area contributed by atoms with Crippen LogP contribution in [0, 0.1) is 0 Å². The van der Waals surface area contributed by atoms with Crippen LogP contribution in [0.4, 0.5) is 5.69 Å². The van der Waals surface area contributed by atoms with Crippen molar-refractivity contribution in [3.8, 4) is 0 Å². The molecule has 1 N–H and O–H groups in total. The summed E-state index contributed by atoms with van der Waals surface area (Å²) in [5.74, 6) is 0. The van der Waals surface area contributed by atoms with Gasteiger partial charge in [-0.15, -0.1) is 0 Å². The van der Waals surface area contributed by atoms with Crippen LogP contribution in [0.1, 0.15) is 5.56 Å². The van der Waals surface area contributed by atoms with Crippen LogP contribution in [0.5, 0.6) is 0 Å². The van der Waals surface area contributed by atoms with Crippen molar-refractivity contribution in [1.29, 1.82) is 0 Å². The lowest BCUT2D eigenvalue weighted by Crippen LogP contribution is -2.07. The van der Waals surface area contributed by atoms with Crippen molar-refractivity contribution >= 4 is 11.8 Å². The lowest BCUT2D eigenvalue weighted by atomic mass is 10.2. The normalized spacial score (nSPS) is 10.7. The van der Waals surface area contributed by atoms with Crippen LogP contribution < -0.4 is 4.90 Å². The predicted molar refractivity (Wildman–Crippen MR) is 56.9 cm³/mol. The molecular weight excluding hydrogens is 162 g/mol. The van der Waals surface area contributed by atoms with Gasteiger partial charge in [0.05, 0.1) is 6.61 Å². The highest BCUT2D eigenvalue weighted by Gasteiger charge is 1.92. The Morgan fingerprint density at radius 2 is 1.85 bits per heavy atom. The minimum atomic E-state index is 0.0927. The van der Waals surface area contributed by atoms with E-state index in [-0.39, 0.29) is 6.61 Å². The third-order valence-electron chi connectivity index (χ3n) is 1.83. The molecule has 0 aliphatic carbocycles. The van der Waals surface area contributed by atoms with E-state index >= 15 is 0 Å². The topological polar surface area (TPSA) is 23.5 Å². The second-order valence-corrected chi connectivity index (χ2v) is 3.07. The van der Waals surface area contributed by atoms with E-state index in [0.717, 1.165) is 5.56 Å². The summed E-state index contributed by atoms with van der Waals surface area (Å²) in [4.78, 5) is 2.06. The van der Waals surface area contributed by atoms with Crippen molar-refractivity contribution in [3.63, 3.8) is 0 Å². The van der Waals surface area contributed by atoms with Crippen LogP contribution in [-0.2, 0) is 0 Å². The molecule has 0 atom stereocenters. The molecule has 70 valence electrons. The summed E-state index contributed by atoms with van der Waals surface area (Å²) in [6.07, 6.45) is 3.63. The summed E-state index contributed by atoms with van der Waals surface area (Å²) in [5, 5.41) is 8.58. The number of hydrogen-bond donors (Lipinski definition) is 1. The predicted octanol–water partition coefficient (Wildman–Crippen LogP) is 1.76. The van der Waals surface area contributed by atoms with Crippen LogP contribution in [-0.4, -0.2) is 25.8 Å². The molecule has 0 unspecified atom stereocenters. The van der Waals surface area contributed by atoms with Crippen LogP contribution in [0.2, 0.25) is 0 Å². The number of hydrogen-bond acceptors (Lipinski definition) is 2. The largest absolute Gasteiger partial charge is 0.392 e. The Labute approximate surface area is 79.1 Å². The molecule has 1 aromatic rings. The average molecular weight is 177 g/mol. The van der Waals surface area contributed by atoms with Gasteiger partial charge >= 0.3 is 0 Å². The quantitative estimate of drug-likeness (QED) is 0.760. The molecule has 2 nitrogen and oxygen atoms in total. The zero-order chi connectivity index (χ0) is 9.68. The van der Waals surface area contributed by atoms with Crippen molar-refractivity contribution in [2.24, 2.45) is 0 Å². The van der Waals surface area contributed by atoms with E-state index in [9.17, 15) is 0 Å². The highest BCUT2D eigenvalue weighted by molar-refractivity contribution is 5.55. The fourth-order valence-corrected chi connectivity index (χ4v) is 1.07. The van der Waals surface area contributed by atoms with E-state index in [4.69, 9.17) is 5.11 Å². The zero-order valence-electron chi connectivity index (χ0n) is 8.07. The highest BCUT2D eigenvalue weighted by atomic mass is 16.2. The Morgan fingerprint density at radius 1 is 1.23 bits per heavy atom. The molecule has 13 heavy (non-hydrogen) atoms. The maximum absolute atomic E-state index is 8.58. The minimum Gasteiger partial charge on any atom is -0.392 e. The standard InChI is InChI=1S/C11H15NO/c1-12(2)11-7-5-10(6-8-11)4-3-9-13/h3-8,13H,9H2,1-2H3/b4-3+. The smallest absolute Gasteiger partial charge is 0.0615 e. The zero-order valence-corrected chi connectivity index (χ0v) is 8.07. The Morgan fingerprint density at radius 3 is 2.31 bits per heavy atom. The molecule has 2 heteroatoms. The third-order valence-corrected chi connectivity index (χ3v) is 1.83. The van der Waals surface area contributed by atoms with Crippen LogP contribution in [0.3, 0.4) is 0 Å². The first-order valence-electron chi connectivity index (χ1n) is 4.29. The van der Waals surface area contributed by atoms with Gasteiger partial charge in [0.25, 0.3) is 0 Å². The van der Waals surface area contributed by atoms with E-state index in [1.165, 1.54) is 5.69 Å². The first kappa shape index (κ1) is 9.81. The molecule has 0 aromatic heterocycles. The first-order valence-corrected chi connectivity index (χ1v) is 4.29. The first-order chi connectivity index (χ1) is 6.24. The molecule has 0 aliphatic heterocycles. The molecule has 1 rings (SSSR count). The Hall–Kier alpha value is -1.28. The molecule has 0 heterocycles. The lowest BCUT2D eigenvalue weighted by Gasteiger charge is -2.11. The Balaban J connectivity index is 2.75. The maximum atomic E-state index is 8.58. The molecule has 0 bridgehead atoms. The second kappa shape index (κ2) is 4.67. The summed E-state index contributed by atoms with van der Waals surface area (Å²) < 4.78 is 0. The molecule has 0 amide bonds. The molecule has 0 radical (unpaired) electrons. The van der Waals surface area contributed by atoms with Crippen molar-refractivity contribution in [2.75, 3.05) is 25.6 Å². The van der Waals surface area contributed by atoms with E-state index in [0.29, 0.717) is 0 Å². The SMILES string of the molecule is CN(C)c1ccc(/C=C/CO)cc1. The van der Waals surface area contributed by atoms with E-state index in [1.54, 1.807) is 6.08 Å². The minimum absolute atomic E-state index is 0.0927. The van der Waals surface area contributed by atoms with Crippen LogP contribution in [0.15, 0.2) is 30.3 Å². The maximum Gasteiger partial charge on any atom is 0.0615 e. The van der Waals surface area contributed by atoms with Gasteiger partial charge < -0.3 is 10.0 Å². The number of nitrogens with zero attached hydrogens (tertiary/aromatic N) is 1. The van der Waals surface area contributed by atoms with Crippen LogP contribution >= 0.6 is 0 Å². The molecule has 0 fully saturated rings. The summed E-state index contributed by atoms with van der Waals surface area (Å²) in [6, 6.07) is 8.16. The van der Waals surface area contributed by atoms with Gasteiger partial charge in [-0.25, -0.2) is 0 Å². The van der Waals surface area contributed by atoms with Crippen LogP contribution in [0.25, 0.3) is 6.08 Å². The number of aliphatic hydroxyl groups is 1. The molecule has 0 spiro atoms. The van der Waals surface area contributed by atoms with Crippen molar-refractivity contribution < 1.29 is 5.11 Å². The lowest BCUT2D eigenvalue weighted by molar-refractivity contribution is 0.343. The summed E-state index contributed by atoms with van der Waals surface area (Å²) in [7, 11) is 4.02. The molecule has 0 aliphatic rings. The summed E-state index contributed by atoms with van der Waals surface area (Å²) in [5.41, 5.74) is 2.29. The van der Waals surface area contributed by atoms with Gasteiger partial charge in [-0.05, 0) is 17.7 Å². The summed E-state index contributed by atoms with van der Waals surface area (Å²) >= 11 is 0. The van der Waals surface area contributed by atoms with E-state index < -0.39 is 0 Å². The fraction of sp³-hybridized carbons (Fsp3) is 0.273. The number of aliphatic hydroxyl groups excluding tert-OH is 1. The molecular formula is C11H15NO. The van der Waals surface area contributed by atoms with Gasteiger partial charge in [-0.1, -0.05) is 24.3 Å². The molecule has 0 saturated carbocycles. The van der Waals surface area contributed by atoms with Crippen molar-refractivity contribution in [3.05, 3.63) is 35.9 Å². The van der Waals surface area contributed by atoms with E-state index in [2.05, 4.69) is 17.0 Å². The van der Waals surface area contributed by atoms with Gasteiger partial charge in [0.2, 0.25) is 0 Å². The van der Waals surface area contributed by atoms with E-state index in [1.807, 2.05) is 32.3 Å². The number of rotatable bonds is 3. The molecule has 0 saturated heterocycles. The fourth-order valence-electron chi connectivity index (χ4n) is 1.07. The monoisotopic (exact) mass is 177 g/mol. The second-order valence-electron chi connectivity index (χ2n) is 3.07. The van der Waals surface area contributed by atoms with Crippen molar-refractivity contribution in [2.45, 2.75) is 0 Å². The Bertz CT molecular complexity index is 275. The third kappa shape index (κ3) is 2.92. The average Bonchev–Trinajstić information content (AvgIpc) is 2.15. The van der Waals surface area contributed by atoms with Gasteiger partial charge in [0, 0.05) is 19.8 Å². The summed E-state index contributed by atoms with van der Waals surface area (Å²) in [6.45, 7) is 0.0927. The number of anilines is 1. The highest BCUT2D eigenvalue weighted by Crippen LogP contribution is 2.12.